The van der Waals surface area contributed by atoms with Crippen molar-refractivity contribution in [3.63, 3.8) is 0 Å². The van der Waals surface area contributed by atoms with E-state index in [9.17, 15) is 4.79 Å². The molecule has 5 aromatic rings. The van der Waals surface area contributed by atoms with Crippen LogP contribution in [0.25, 0.3) is 38.9 Å². The number of para-hydroxylation sites is 2. The number of hydrogen-bond donors (Lipinski definition) is 0. The first kappa shape index (κ1) is 20.0. The SMILES string of the molecule is CC[C@H](C)n1cnc2c(c1=O)c1nc3ccccc3nc1n2-c1ccc(OC)c(OC)c1. The van der Waals surface area contributed by atoms with Crippen LogP contribution in [0.1, 0.15) is 26.3 Å². The maximum absolute atomic E-state index is 13.5. The van der Waals surface area contributed by atoms with E-state index in [-0.39, 0.29) is 11.6 Å². The molecule has 0 amide bonds. The molecule has 8 nitrogen and oxygen atoms in total. The summed E-state index contributed by atoms with van der Waals surface area (Å²) in [4.78, 5) is 27.9. The molecule has 0 saturated heterocycles. The molecular weight excluding hydrogens is 406 g/mol. The zero-order valence-corrected chi connectivity index (χ0v) is 18.4. The maximum atomic E-state index is 13.5. The van der Waals surface area contributed by atoms with Crippen molar-refractivity contribution in [3.05, 3.63) is 59.1 Å². The Labute approximate surface area is 184 Å². The largest absolute Gasteiger partial charge is 0.493 e. The van der Waals surface area contributed by atoms with Crippen LogP contribution in [0.5, 0.6) is 11.5 Å². The predicted molar refractivity (Wildman–Crippen MR) is 124 cm³/mol. The van der Waals surface area contributed by atoms with Gasteiger partial charge in [0.05, 0.1) is 30.9 Å². The van der Waals surface area contributed by atoms with E-state index in [0.29, 0.717) is 33.7 Å². The second-order valence-electron chi connectivity index (χ2n) is 7.67. The molecule has 0 aliphatic rings. The van der Waals surface area contributed by atoms with Crippen molar-refractivity contribution in [2.45, 2.75) is 26.3 Å². The van der Waals surface area contributed by atoms with Crippen LogP contribution in [0.15, 0.2) is 53.6 Å². The molecule has 0 N–H and O–H groups in total. The van der Waals surface area contributed by atoms with Gasteiger partial charge in [-0.05, 0) is 37.6 Å². The van der Waals surface area contributed by atoms with Gasteiger partial charge in [-0.2, -0.15) is 0 Å². The van der Waals surface area contributed by atoms with Crippen LogP contribution < -0.4 is 15.0 Å². The Balaban J connectivity index is 1.94. The van der Waals surface area contributed by atoms with Crippen LogP contribution in [0.3, 0.4) is 0 Å². The van der Waals surface area contributed by atoms with Gasteiger partial charge in [0.2, 0.25) is 0 Å². The number of nitrogens with zero attached hydrogens (tertiary/aromatic N) is 5. The lowest BCUT2D eigenvalue weighted by Gasteiger charge is -2.13. The molecule has 0 aliphatic heterocycles. The predicted octanol–water partition coefficient (Wildman–Crippen LogP) is 4.27. The van der Waals surface area contributed by atoms with Crippen molar-refractivity contribution in [1.82, 2.24) is 24.1 Å². The average molecular weight is 429 g/mol. The highest BCUT2D eigenvalue weighted by atomic mass is 16.5. The number of rotatable bonds is 5. The molecule has 3 heterocycles. The molecule has 0 saturated carbocycles. The van der Waals surface area contributed by atoms with Crippen molar-refractivity contribution in [2.24, 2.45) is 0 Å². The first-order valence-electron chi connectivity index (χ1n) is 10.5. The minimum absolute atomic E-state index is 0.0206. The monoisotopic (exact) mass is 429 g/mol. The Morgan fingerprint density at radius 1 is 0.969 bits per heavy atom. The molecule has 5 rings (SSSR count). The Morgan fingerprint density at radius 2 is 1.69 bits per heavy atom. The summed E-state index contributed by atoms with van der Waals surface area (Å²) in [6, 6.07) is 13.2. The molecule has 1 atom stereocenters. The first-order valence-corrected chi connectivity index (χ1v) is 10.5. The number of fused-ring (bicyclic) bond motifs is 4. The Morgan fingerprint density at radius 3 is 2.38 bits per heavy atom. The van der Waals surface area contributed by atoms with Gasteiger partial charge in [0.25, 0.3) is 5.56 Å². The molecule has 2 aromatic carbocycles. The molecular formula is C24H23N5O3. The number of methoxy groups -OCH3 is 2. The molecule has 3 aromatic heterocycles. The molecule has 162 valence electrons. The Hall–Kier alpha value is -3.94. The van der Waals surface area contributed by atoms with E-state index in [0.717, 1.165) is 23.1 Å². The molecule has 0 fully saturated rings. The third-order valence-electron chi connectivity index (χ3n) is 5.88. The van der Waals surface area contributed by atoms with Crippen molar-refractivity contribution in [1.29, 1.82) is 0 Å². The van der Waals surface area contributed by atoms with Gasteiger partial charge in [-0.3, -0.25) is 13.9 Å². The highest BCUT2D eigenvalue weighted by molar-refractivity contribution is 6.05. The van der Waals surface area contributed by atoms with E-state index in [1.165, 1.54) is 0 Å². The van der Waals surface area contributed by atoms with Crippen LogP contribution in [0.4, 0.5) is 0 Å². The normalized spacial score (nSPS) is 12.5. The van der Waals surface area contributed by atoms with E-state index >= 15 is 0 Å². The van der Waals surface area contributed by atoms with Crippen LogP contribution in [-0.4, -0.2) is 38.3 Å². The van der Waals surface area contributed by atoms with Crippen molar-refractivity contribution in [2.75, 3.05) is 14.2 Å². The third kappa shape index (κ3) is 2.90. The van der Waals surface area contributed by atoms with Crippen molar-refractivity contribution >= 4 is 33.2 Å². The van der Waals surface area contributed by atoms with Gasteiger partial charge in [-0.1, -0.05) is 19.1 Å². The fourth-order valence-electron chi connectivity index (χ4n) is 3.97. The van der Waals surface area contributed by atoms with Gasteiger partial charge in [0.1, 0.15) is 17.2 Å². The lowest BCUT2D eigenvalue weighted by molar-refractivity contribution is 0.355. The average Bonchev–Trinajstić information content (AvgIpc) is 3.15. The minimum Gasteiger partial charge on any atom is -0.493 e. The molecule has 0 radical (unpaired) electrons. The summed E-state index contributed by atoms with van der Waals surface area (Å²) in [6.07, 6.45) is 2.42. The van der Waals surface area contributed by atoms with Gasteiger partial charge in [-0.15, -0.1) is 0 Å². The van der Waals surface area contributed by atoms with Crippen LogP contribution in [0, 0.1) is 0 Å². The highest BCUT2D eigenvalue weighted by Crippen LogP contribution is 2.33. The topological polar surface area (TPSA) is 84.1 Å². The van der Waals surface area contributed by atoms with E-state index in [1.54, 1.807) is 25.1 Å². The minimum atomic E-state index is -0.127. The number of ether oxygens (including phenoxy) is 2. The van der Waals surface area contributed by atoms with Crippen LogP contribution in [-0.2, 0) is 0 Å². The summed E-state index contributed by atoms with van der Waals surface area (Å²) in [5.41, 5.74) is 3.70. The van der Waals surface area contributed by atoms with Crippen LogP contribution >= 0.6 is 0 Å². The van der Waals surface area contributed by atoms with Crippen LogP contribution in [0.2, 0.25) is 0 Å². The molecule has 0 aliphatic carbocycles. The zero-order chi connectivity index (χ0) is 22.4. The summed E-state index contributed by atoms with van der Waals surface area (Å²) in [5.74, 6) is 1.18. The second-order valence-corrected chi connectivity index (χ2v) is 7.67. The molecule has 8 heteroatoms. The quantitative estimate of drug-likeness (QED) is 0.415. The van der Waals surface area contributed by atoms with Gasteiger partial charge in [0.15, 0.2) is 22.8 Å². The van der Waals surface area contributed by atoms with E-state index < -0.39 is 0 Å². The molecule has 32 heavy (non-hydrogen) atoms. The maximum Gasteiger partial charge on any atom is 0.265 e. The second kappa shape index (κ2) is 7.64. The van der Waals surface area contributed by atoms with Gasteiger partial charge >= 0.3 is 0 Å². The Bertz CT molecular complexity index is 1540. The number of benzene rings is 2. The van der Waals surface area contributed by atoms with Crippen molar-refractivity contribution < 1.29 is 9.47 Å². The number of aromatic nitrogens is 5. The smallest absolute Gasteiger partial charge is 0.265 e. The summed E-state index contributed by atoms with van der Waals surface area (Å²) in [6.45, 7) is 4.05. The molecule has 0 bridgehead atoms. The first-order chi connectivity index (χ1) is 15.6. The third-order valence-corrected chi connectivity index (χ3v) is 5.88. The Kier molecular flexibility index (Phi) is 4.77. The number of hydrogen-bond acceptors (Lipinski definition) is 6. The fourth-order valence-corrected chi connectivity index (χ4v) is 3.97. The summed E-state index contributed by atoms with van der Waals surface area (Å²) < 4.78 is 14.4. The molecule has 0 spiro atoms. The van der Waals surface area contributed by atoms with Gasteiger partial charge < -0.3 is 9.47 Å². The van der Waals surface area contributed by atoms with Crippen molar-refractivity contribution in [3.8, 4) is 17.2 Å². The lowest BCUT2D eigenvalue weighted by atomic mass is 10.2. The summed E-state index contributed by atoms with van der Waals surface area (Å²) in [5, 5.41) is 0.454. The highest BCUT2D eigenvalue weighted by Gasteiger charge is 2.22. The standard InChI is InChI=1S/C24H23N5O3/c1-5-14(2)28-13-25-22-20(24(28)30)21-23(27-17-9-7-6-8-16(17)26-21)29(22)15-10-11-18(31-3)19(12-15)32-4/h6-14H,5H2,1-4H3/t14-/m0/s1. The lowest BCUT2D eigenvalue weighted by Crippen LogP contribution is -2.23. The molecule has 0 unspecified atom stereocenters. The zero-order valence-electron chi connectivity index (χ0n) is 18.4. The van der Waals surface area contributed by atoms with E-state index in [4.69, 9.17) is 19.4 Å². The van der Waals surface area contributed by atoms with Gasteiger partial charge in [-0.25, -0.2) is 15.0 Å². The summed E-state index contributed by atoms with van der Waals surface area (Å²) in [7, 11) is 3.18. The van der Waals surface area contributed by atoms with E-state index in [1.807, 2.05) is 60.9 Å². The van der Waals surface area contributed by atoms with Gasteiger partial charge in [0, 0.05) is 12.1 Å². The van der Waals surface area contributed by atoms with E-state index in [2.05, 4.69) is 4.98 Å². The summed E-state index contributed by atoms with van der Waals surface area (Å²) >= 11 is 0. The fraction of sp³-hybridized carbons (Fsp3) is 0.250.